The number of benzene rings is 2. The summed E-state index contributed by atoms with van der Waals surface area (Å²) in [5, 5.41) is 4.86. The summed E-state index contributed by atoms with van der Waals surface area (Å²) in [6.07, 6.45) is 7.03. The third-order valence-electron chi connectivity index (χ3n) is 5.50. The van der Waals surface area contributed by atoms with Crippen molar-refractivity contribution >= 4 is 49.7 Å². The van der Waals surface area contributed by atoms with Crippen LogP contribution in [-0.2, 0) is 10.0 Å². The lowest BCUT2D eigenvalue weighted by Gasteiger charge is -2.30. The fraction of sp³-hybridized carbons (Fsp3) is 0.273. The van der Waals surface area contributed by atoms with Gasteiger partial charge in [0, 0.05) is 41.9 Å². The van der Waals surface area contributed by atoms with Crippen LogP contribution in [0.2, 0.25) is 5.02 Å². The fourth-order valence-corrected chi connectivity index (χ4v) is 4.81. The molecule has 1 aromatic heterocycles. The zero-order valence-corrected chi connectivity index (χ0v) is 18.6. The number of rotatable bonds is 5. The average Bonchev–Trinajstić information content (AvgIpc) is 2.80. The summed E-state index contributed by atoms with van der Waals surface area (Å²) < 4.78 is 26.5. The van der Waals surface area contributed by atoms with E-state index >= 15 is 0 Å². The Hall–Kier alpha value is -2.68. The maximum absolute atomic E-state index is 13.0. The molecule has 0 saturated carbocycles. The molecule has 7 nitrogen and oxygen atoms in total. The first kappa shape index (κ1) is 21.5. The van der Waals surface area contributed by atoms with Gasteiger partial charge in [0.1, 0.15) is 0 Å². The molecule has 4 rings (SSSR count). The van der Waals surface area contributed by atoms with Gasteiger partial charge in [-0.05, 0) is 62.7 Å². The topological polar surface area (TPSA) is 91.4 Å². The van der Waals surface area contributed by atoms with E-state index < -0.39 is 15.9 Å². The quantitative estimate of drug-likeness (QED) is 0.602. The molecular formula is C22H23ClN4O3S. The second kappa shape index (κ2) is 8.82. The number of piperidine rings is 1. The van der Waals surface area contributed by atoms with Crippen molar-refractivity contribution in [3.05, 3.63) is 59.4 Å². The van der Waals surface area contributed by atoms with E-state index in [4.69, 9.17) is 11.6 Å². The number of anilines is 2. The lowest BCUT2D eigenvalue weighted by atomic mass is 10.0. The van der Waals surface area contributed by atoms with Gasteiger partial charge in [0.15, 0.2) is 0 Å². The van der Waals surface area contributed by atoms with Gasteiger partial charge in [-0.2, -0.15) is 0 Å². The zero-order valence-electron chi connectivity index (χ0n) is 17.1. The summed E-state index contributed by atoms with van der Waals surface area (Å²) in [4.78, 5) is 19.6. The average molecular weight is 459 g/mol. The first-order chi connectivity index (χ1) is 14.9. The van der Waals surface area contributed by atoms with Gasteiger partial charge in [-0.25, -0.2) is 13.1 Å². The Bertz CT molecular complexity index is 1240. The minimum absolute atomic E-state index is 0.0310. The highest BCUT2D eigenvalue weighted by atomic mass is 35.5. The normalized spacial score (nSPS) is 14.6. The number of pyridine rings is 1. The Morgan fingerprint density at radius 1 is 1.06 bits per heavy atom. The van der Waals surface area contributed by atoms with Gasteiger partial charge in [-0.1, -0.05) is 11.6 Å². The van der Waals surface area contributed by atoms with E-state index in [1.54, 1.807) is 12.4 Å². The summed E-state index contributed by atoms with van der Waals surface area (Å²) in [5.74, 6) is -0.492. The van der Waals surface area contributed by atoms with Crippen LogP contribution in [0.15, 0.2) is 53.7 Å². The highest BCUT2D eigenvalue weighted by Gasteiger charge is 2.20. The molecule has 1 aliphatic heterocycles. The van der Waals surface area contributed by atoms with Crippen LogP contribution >= 0.6 is 11.6 Å². The molecule has 31 heavy (non-hydrogen) atoms. The number of fused-ring (bicyclic) bond motifs is 1. The summed E-state index contributed by atoms with van der Waals surface area (Å²) in [5.41, 5.74) is 1.79. The Balaban J connectivity index is 1.70. The lowest BCUT2D eigenvalue weighted by molar-refractivity contribution is 0.102. The summed E-state index contributed by atoms with van der Waals surface area (Å²) in [7, 11) is -2.39. The Morgan fingerprint density at radius 3 is 2.58 bits per heavy atom. The predicted octanol–water partition coefficient (Wildman–Crippen LogP) is 4.04. The third kappa shape index (κ3) is 4.37. The predicted molar refractivity (Wildman–Crippen MR) is 123 cm³/mol. The molecule has 3 aromatic rings. The molecule has 1 fully saturated rings. The lowest BCUT2D eigenvalue weighted by Crippen LogP contribution is -2.29. The molecule has 2 aromatic carbocycles. The van der Waals surface area contributed by atoms with Crippen molar-refractivity contribution in [2.75, 3.05) is 30.4 Å². The van der Waals surface area contributed by atoms with Crippen molar-refractivity contribution in [1.29, 1.82) is 0 Å². The van der Waals surface area contributed by atoms with Crippen LogP contribution in [0.5, 0.6) is 0 Å². The van der Waals surface area contributed by atoms with Crippen LogP contribution in [0, 0.1) is 0 Å². The zero-order chi connectivity index (χ0) is 22.0. The number of hydrogen-bond acceptors (Lipinski definition) is 5. The van der Waals surface area contributed by atoms with E-state index in [0.717, 1.165) is 42.4 Å². The van der Waals surface area contributed by atoms with E-state index in [2.05, 4.69) is 19.9 Å². The molecule has 1 aliphatic rings. The van der Waals surface area contributed by atoms with Crippen LogP contribution in [0.25, 0.3) is 10.8 Å². The number of nitrogens with one attached hydrogen (secondary N) is 2. The molecule has 9 heteroatoms. The molecule has 1 amide bonds. The SMILES string of the molecule is CNS(=O)(=O)c1ccc(Cl)c(C(=O)Nc2ccc(N3CCCCC3)c3ccncc23)c1. The second-order valence-electron chi connectivity index (χ2n) is 7.40. The molecule has 0 aliphatic carbocycles. The maximum atomic E-state index is 13.0. The van der Waals surface area contributed by atoms with Crippen molar-refractivity contribution < 1.29 is 13.2 Å². The largest absolute Gasteiger partial charge is 0.371 e. The number of carbonyl (C=O) groups excluding carboxylic acids is 1. The highest BCUT2D eigenvalue weighted by Crippen LogP contribution is 2.34. The Kier molecular flexibility index (Phi) is 6.13. The van der Waals surface area contributed by atoms with Crippen molar-refractivity contribution in [2.24, 2.45) is 0 Å². The minimum atomic E-state index is -3.70. The number of aromatic nitrogens is 1. The first-order valence-corrected chi connectivity index (χ1v) is 11.9. The molecule has 1 saturated heterocycles. The van der Waals surface area contributed by atoms with Crippen LogP contribution in [0.4, 0.5) is 11.4 Å². The van der Waals surface area contributed by atoms with Crippen molar-refractivity contribution in [1.82, 2.24) is 9.71 Å². The van der Waals surface area contributed by atoms with Crippen molar-refractivity contribution in [3.8, 4) is 0 Å². The van der Waals surface area contributed by atoms with Gasteiger partial charge in [-0.15, -0.1) is 0 Å². The second-order valence-corrected chi connectivity index (χ2v) is 9.70. The van der Waals surface area contributed by atoms with E-state index in [1.165, 1.54) is 31.7 Å². The van der Waals surface area contributed by atoms with E-state index in [-0.39, 0.29) is 15.5 Å². The number of halogens is 1. The van der Waals surface area contributed by atoms with Gasteiger partial charge < -0.3 is 10.2 Å². The number of carbonyl (C=O) groups is 1. The van der Waals surface area contributed by atoms with Crippen LogP contribution in [0.1, 0.15) is 29.6 Å². The summed E-state index contributed by atoms with van der Waals surface area (Å²) >= 11 is 6.20. The molecule has 162 valence electrons. The fourth-order valence-electron chi connectivity index (χ4n) is 3.85. The molecule has 2 N–H and O–H groups in total. The van der Waals surface area contributed by atoms with E-state index in [9.17, 15) is 13.2 Å². The monoisotopic (exact) mass is 458 g/mol. The number of amides is 1. The number of sulfonamides is 1. The van der Waals surface area contributed by atoms with Crippen LogP contribution < -0.4 is 14.9 Å². The molecular weight excluding hydrogens is 436 g/mol. The standard InChI is InChI=1S/C22H23ClN4O3S/c1-24-31(29,30)15-5-6-19(23)17(13-15)22(28)26-20-7-8-21(27-11-3-2-4-12-27)16-9-10-25-14-18(16)20/h5-10,13-14,24H,2-4,11-12H2,1H3,(H,26,28). The highest BCUT2D eigenvalue weighted by molar-refractivity contribution is 7.89. The first-order valence-electron chi connectivity index (χ1n) is 10.1. The molecule has 0 atom stereocenters. The molecule has 0 spiro atoms. The van der Waals surface area contributed by atoms with Gasteiger partial charge in [-0.3, -0.25) is 9.78 Å². The minimum Gasteiger partial charge on any atom is -0.371 e. The van der Waals surface area contributed by atoms with Gasteiger partial charge in [0.2, 0.25) is 10.0 Å². The van der Waals surface area contributed by atoms with Gasteiger partial charge in [0.05, 0.1) is 21.2 Å². The molecule has 2 heterocycles. The molecule has 0 unspecified atom stereocenters. The van der Waals surface area contributed by atoms with Gasteiger partial charge >= 0.3 is 0 Å². The van der Waals surface area contributed by atoms with Crippen molar-refractivity contribution in [2.45, 2.75) is 24.2 Å². The summed E-state index contributed by atoms with van der Waals surface area (Å²) in [6.45, 7) is 2.01. The molecule has 0 bridgehead atoms. The van der Waals surface area contributed by atoms with Crippen LogP contribution in [0.3, 0.4) is 0 Å². The third-order valence-corrected chi connectivity index (χ3v) is 7.24. The smallest absolute Gasteiger partial charge is 0.257 e. The Morgan fingerprint density at radius 2 is 1.84 bits per heavy atom. The van der Waals surface area contributed by atoms with E-state index in [0.29, 0.717) is 5.69 Å². The van der Waals surface area contributed by atoms with E-state index in [1.807, 2.05) is 18.2 Å². The van der Waals surface area contributed by atoms with Crippen LogP contribution in [-0.4, -0.2) is 39.4 Å². The Labute approximate surface area is 186 Å². The number of hydrogen-bond donors (Lipinski definition) is 2. The molecule has 0 radical (unpaired) electrons. The summed E-state index contributed by atoms with van der Waals surface area (Å²) in [6, 6.07) is 9.84. The maximum Gasteiger partial charge on any atom is 0.257 e. The number of nitrogens with zero attached hydrogens (tertiary/aromatic N) is 2. The van der Waals surface area contributed by atoms with Crippen molar-refractivity contribution in [3.63, 3.8) is 0 Å². The van der Waals surface area contributed by atoms with Gasteiger partial charge in [0.25, 0.3) is 5.91 Å².